The smallest absolute Gasteiger partial charge is 0.408 e. The van der Waals surface area contributed by atoms with Crippen LogP contribution in [0.4, 0.5) is 4.79 Å². The van der Waals surface area contributed by atoms with Crippen LogP contribution in [0.3, 0.4) is 0 Å². The number of alkyl carbamates (subject to hydrolysis) is 1. The van der Waals surface area contributed by atoms with Crippen LogP contribution in [0, 0.1) is 0 Å². The highest BCUT2D eigenvalue weighted by Crippen LogP contribution is 2.29. The second-order valence-corrected chi connectivity index (χ2v) is 8.01. The maximum Gasteiger partial charge on any atom is 0.408 e. The molecule has 1 atom stereocenters. The number of para-hydroxylation sites is 1. The van der Waals surface area contributed by atoms with Gasteiger partial charge in [-0.25, -0.2) is 9.48 Å². The highest BCUT2D eigenvalue weighted by Gasteiger charge is 2.23. The first-order chi connectivity index (χ1) is 12.9. The Balaban J connectivity index is 1.94. The van der Waals surface area contributed by atoms with E-state index in [4.69, 9.17) is 4.74 Å². The van der Waals surface area contributed by atoms with Crippen LogP contribution < -0.4 is 5.32 Å². The summed E-state index contributed by atoms with van der Waals surface area (Å²) in [5.74, 6) is 0. The van der Waals surface area contributed by atoms with Crippen LogP contribution in [0.5, 0.6) is 0 Å². The number of nitrogens with zero attached hydrogens (tertiary/aromatic N) is 2. The van der Waals surface area contributed by atoms with Gasteiger partial charge in [-0.3, -0.25) is 0 Å². The number of aliphatic hydroxyl groups is 1. The van der Waals surface area contributed by atoms with Crippen LogP contribution >= 0.6 is 11.3 Å². The van der Waals surface area contributed by atoms with E-state index in [-0.39, 0.29) is 6.61 Å². The number of ether oxygens (including phenoxy) is 1. The van der Waals surface area contributed by atoms with Crippen LogP contribution in [-0.2, 0) is 4.74 Å². The van der Waals surface area contributed by atoms with Crippen molar-refractivity contribution < 1.29 is 14.6 Å². The zero-order valence-electron chi connectivity index (χ0n) is 15.5. The summed E-state index contributed by atoms with van der Waals surface area (Å²) in [6.45, 7) is 5.09. The van der Waals surface area contributed by atoms with E-state index in [2.05, 4.69) is 10.4 Å². The van der Waals surface area contributed by atoms with E-state index >= 15 is 0 Å². The average Bonchev–Trinajstić information content (AvgIpc) is 3.28. The van der Waals surface area contributed by atoms with Crippen molar-refractivity contribution in [1.29, 1.82) is 0 Å². The number of aliphatic hydroxyl groups excluding tert-OH is 1. The number of amides is 1. The summed E-state index contributed by atoms with van der Waals surface area (Å²) in [7, 11) is 0. The van der Waals surface area contributed by atoms with Gasteiger partial charge < -0.3 is 15.2 Å². The molecule has 0 aliphatic rings. The molecule has 0 unspecified atom stereocenters. The number of aromatic nitrogens is 2. The number of thiophene rings is 1. The lowest BCUT2D eigenvalue weighted by Gasteiger charge is -2.22. The van der Waals surface area contributed by atoms with Crippen LogP contribution in [0.15, 0.2) is 53.9 Å². The molecule has 0 aliphatic carbocycles. The predicted octanol–water partition coefficient (Wildman–Crippen LogP) is 4.16. The molecule has 0 aliphatic heterocycles. The monoisotopic (exact) mass is 385 g/mol. The Labute approximate surface area is 162 Å². The van der Waals surface area contributed by atoms with Gasteiger partial charge in [0.05, 0.1) is 34.6 Å². The third kappa shape index (κ3) is 4.75. The van der Waals surface area contributed by atoms with Gasteiger partial charge in [-0.05, 0) is 50.4 Å². The molecular weight excluding hydrogens is 362 g/mol. The fraction of sp³-hybridized carbons (Fsp3) is 0.300. The number of hydrogen-bond donors (Lipinski definition) is 2. The van der Waals surface area contributed by atoms with Gasteiger partial charge >= 0.3 is 6.09 Å². The molecule has 0 radical (unpaired) electrons. The van der Waals surface area contributed by atoms with Gasteiger partial charge in [0.1, 0.15) is 5.60 Å². The summed E-state index contributed by atoms with van der Waals surface area (Å²) < 4.78 is 7.11. The average molecular weight is 385 g/mol. The van der Waals surface area contributed by atoms with Crippen LogP contribution in [0.2, 0.25) is 0 Å². The Bertz CT molecular complexity index is 883. The van der Waals surface area contributed by atoms with Gasteiger partial charge in [0, 0.05) is 0 Å². The molecule has 1 amide bonds. The molecule has 3 aromatic rings. The van der Waals surface area contributed by atoms with Crippen molar-refractivity contribution in [2.75, 3.05) is 6.61 Å². The first kappa shape index (κ1) is 19.1. The van der Waals surface area contributed by atoms with Crippen molar-refractivity contribution in [3.05, 3.63) is 59.6 Å². The van der Waals surface area contributed by atoms with Crippen molar-refractivity contribution in [3.8, 4) is 16.3 Å². The van der Waals surface area contributed by atoms with E-state index in [0.29, 0.717) is 5.69 Å². The molecule has 0 bridgehead atoms. The topological polar surface area (TPSA) is 76.4 Å². The molecular formula is C20H23N3O3S. The van der Waals surface area contributed by atoms with Crippen molar-refractivity contribution in [1.82, 2.24) is 15.1 Å². The summed E-state index contributed by atoms with van der Waals surface area (Å²) in [4.78, 5) is 13.2. The Kier molecular flexibility index (Phi) is 5.62. The summed E-state index contributed by atoms with van der Waals surface area (Å²) in [5.41, 5.74) is 1.75. The zero-order valence-corrected chi connectivity index (χ0v) is 16.4. The number of benzene rings is 1. The maximum atomic E-state index is 12.1. The van der Waals surface area contributed by atoms with Crippen molar-refractivity contribution in [2.24, 2.45) is 0 Å². The molecule has 27 heavy (non-hydrogen) atoms. The molecule has 3 rings (SSSR count). The molecule has 142 valence electrons. The number of carbonyl (C=O) groups is 1. The minimum atomic E-state index is -0.663. The minimum Gasteiger partial charge on any atom is -0.444 e. The van der Waals surface area contributed by atoms with Crippen LogP contribution in [0.25, 0.3) is 16.3 Å². The molecule has 0 saturated heterocycles. The molecule has 2 heterocycles. The van der Waals surface area contributed by atoms with Crippen molar-refractivity contribution in [2.45, 2.75) is 32.4 Å². The Morgan fingerprint density at radius 1 is 1.26 bits per heavy atom. The molecule has 2 aromatic heterocycles. The van der Waals surface area contributed by atoms with Crippen molar-refractivity contribution >= 4 is 17.4 Å². The van der Waals surface area contributed by atoms with E-state index in [1.807, 2.05) is 58.6 Å². The molecule has 2 N–H and O–H groups in total. The quantitative estimate of drug-likeness (QED) is 0.691. The Morgan fingerprint density at radius 3 is 2.59 bits per heavy atom. The first-order valence-electron chi connectivity index (χ1n) is 8.67. The van der Waals surface area contributed by atoms with Gasteiger partial charge in [-0.1, -0.05) is 24.3 Å². The lowest BCUT2D eigenvalue weighted by Crippen LogP contribution is -2.36. The standard InChI is InChI=1S/C20H23N3O3S/c1-20(2,3)26-19(25)21-16(13-24)15-12-17(18-10-7-11-27-18)23(22-15)14-8-5-4-6-9-14/h4-12,16,24H,13H2,1-3H3,(H,21,25)/t16-/m0/s1. The van der Waals surface area contributed by atoms with E-state index in [9.17, 15) is 9.90 Å². The van der Waals surface area contributed by atoms with Crippen molar-refractivity contribution in [3.63, 3.8) is 0 Å². The summed E-state index contributed by atoms with van der Waals surface area (Å²) in [6.07, 6.45) is -0.589. The van der Waals surface area contributed by atoms with Crippen LogP contribution in [0.1, 0.15) is 32.5 Å². The third-order valence-corrected chi connectivity index (χ3v) is 4.63. The highest BCUT2D eigenvalue weighted by molar-refractivity contribution is 7.13. The maximum absolute atomic E-state index is 12.1. The fourth-order valence-corrected chi connectivity index (χ4v) is 3.33. The second kappa shape index (κ2) is 7.94. The molecule has 0 saturated carbocycles. The molecule has 0 fully saturated rings. The SMILES string of the molecule is CC(C)(C)OC(=O)N[C@@H](CO)c1cc(-c2cccs2)n(-c2ccccc2)n1. The minimum absolute atomic E-state index is 0.283. The molecule has 6 nitrogen and oxygen atoms in total. The van der Waals surface area contributed by atoms with E-state index < -0.39 is 17.7 Å². The Hall–Kier alpha value is -2.64. The summed E-state index contributed by atoms with van der Waals surface area (Å²) in [5, 5.41) is 19.2. The van der Waals surface area contributed by atoms with Gasteiger partial charge in [-0.15, -0.1) is 11.3 Å². The highest BCUT2D eigenvalue weighted by atomic mass is 32.1. The summed E-state index contributed by atoms with van der Waals surface area (Å²) in [6, 6.07) is 15.0. The van der Waals surface area contributed by atoms with Gasteiger partial charge in [0.25, 0.3) is 0 Å². The molecule has 7 heteroatoms. The number of nitrogens with one attached hydrogen (secondary N) is 1. The predicted molar refractivity (Wildman–Crippen MR) is 106 cm³/mol. The number of rotatable bonds is 5. The van der Waals surface area contributed by atoms with Gasteiger partial charge in [-0.2, -0.15) is 5.10 Å². The number of carbonyl (C=O) groups excluding carboxylic acids is 1. The van der Waals surface area contributed by atoms with Gasteiger partial charge in [0.15, 0.2) is 0 Å². The zero-order chi connectivity index (χ0) is 19.4. The fourth-order valence-electron chi connectivity index (χ4n) is 2.60. The Morgan fingerprint density at radius 2 is 2.00 bits per heavy atom. The lowest BCUT2D eigenvalue weighted by atomic mass is 10.2. The second-order valence-electron chi connectivity index (χ2n) is 7.06. The number of hydrogen-bond acceptors (Lipinski definition) is 5. The van der Waals surface area contributed by atoms with E-state index in [0.717, 1.165) is 16.3 Å². The van der Waals surface area contributed by atoms with E-state index in [1.54, 1.807) is 32.1 Å². The lowest BCUT2D eigenvalue weighted by molar-refractivity contribution is 0.0480. The van der Waals surface area contributed by atoms with Gasteiger partial charge in [0.2, 0.25) is 0 Å². The van der Waals surface area contributed by atoms with Crippen LogP contribution in [-0.4, -0.2) is 33.2 Å². The van der Waals surface area contributed by atoms with E-state index in [1.165, 1.54) is 0 Å². The molecule has 0 spiro atoms. The third-order valence-electron chi connectivity index (χ3n) is 3.73. The normalized spacial score (nSPS) is 12.6. The molecule has 1 aromatic carbocycles. The largest absolute Gasteiger partial charge is 0.444 e. The first-order valence-corrected chi connectivity index (χ1v) is 9.55. The summed E-state index contributed by atoms with van der Waals surface area (Å²) >= 11 is 1.60.